The van der Waals surface area contributed by atoms with Gasteiger partial charge in [0.15, 0.2) is 5.78 Å². The van der Waals surface area contributed by atoms with Crippen molar-refractivity contribution in [1.29, 1.82) is 0 Å². The van der Waals surface area contributed by atoms with E-state index in [0.717, 1.165) is 34.6 Å². The summed E-state index contributed by atoms with van der Waals surface area (Å²) < 4.78 is 28.6. The molecule has 0 saturated carbocycles. The lowest BCUT2D eigenvalue weighted by atomic mass is 10.1. The first kappa shape index (κ1) is 17.7. The Hall–Kier alpha value is -3.08. The Kier molecular flexibility index (Phi) is 5.07. The lowest BCUT2D eigenvalue weighted by molar-refractivity contribution is 0.104. The summed E-state index contributed by atoms with van der Waals surface area (Å²) in [7, 11) is 0. The van der Waals surface area contributed by atoms with Gasteiger partial charge in [-0.05, 0) is 43.7 Å². The Morgan fingerprint density at radius 3 is 2.54 bits per heavy atom. The first-order valence-corrected chi connectivity index (χ1v) is 8.21. The van der Waals surface area contributed by atoms with Crippen LogP contribution in [-0.2, 0) is 6.54 Å². The molecule has 3 aromatic rings. The van der Waals surface area contributed by atoms with E-state index < -0.39 is 17.4 Å². The molecule has 0 radical (unpaired) electrons. The molecule has 0 unspecified atom stereocenters. The molecule has 1 aromatic heterocycles. The fourth-order valence-corrected chi connectivity index (χ4v) is 2.80. The number of aryl methyl sites for hydroxylation is 1. The number of allylic oxidation sites excluding steroid dienone is 1. The van der Waals surface area contributed by atoms with Crippen LogP contribution < -0.4 is 0 Å². The first-order valence-electron chi connectivity index (χ1n) is 8.21. The fraction of sp³-hybridized carbons (Fsp3) is 0.143. The van der Waals surface area contributed by atoms with E-state index in [1.807, 2.05) is 48.9 Å². The highest BCUT2D eigenvalue weighted by Gasteiger charge is 2.12. The maximum atomic E-state index is 13.7. The number of carbonyl (C=O) groups excluding carboxylic acids is 1. The summed E-state index contributed by atoms with van der Waals surface area (Å²) in [6.45, 7) is 4.41. The highest BCUT2D eigenvalue weighted by atomic mass is 19.1. The molecule has 3 rings (SSSR count). The van der Waals surface area contributed by atoms with Crippen molar-refractivity contribution in [1.82, 2.24) is 9.78 Å². The third kappa shape index (κ3) is 3.77. The van der Waals surface area contributed by atoms with Gasteiger partial charge in [0.25, 0.3) is 0 Å². The summed E-state index contributed by atoms with van der Waals surface area (Å²) in [4.78, 5) is 12.2. The van der Waals surface area contributed by atoms with Gasteiger partial charge in [-0.3, -0.25) is 9.48 Å². The van der Waals surface area contributed by atoms with Crippen LogP contribution in [0.3, 0.4) is 0 Å². The average molecular weight is 352 g/mol. The van der Waals surface area contributed by atoms with Gasteiger partial charge in [-0.2, -0.15) is 5.10 Å². The molecule has 0 bridgehead atoms. The number of ketones is 1. The quantitative estimate of drug-likeness (QED) is 0.492. The monoisotopic (exact) mass is 352 g/mol. The van der Waals surface area contributed by atoms with Gasteiger partial charge in [-0.15, -0.1) is 0 Å². The standard InChI is InChI=1S/C21H18F2N2O/c1-14-18(10-11-21(26)19-9-8-17(22)12-20(19)23)15(2)25(24-14)13-16-6-4-3-5-7-16/h3-12H,13H2,1-2H3/b11-10+. The summed E-state index contributed by atoms with van der Waals surface area (Å²) in [5, 5.41) is 4.52. The number of hydrogen-bond acceptors (Lipinski definition) is 2. The van der Waals surface area contributed by atoms with Crippen molar-refractivity contribution < 1.29 is 13.6 Å². The molecule has 3 nitrogen and oxygen atoms in total. The van der Waals surface area contributed by atoms with Gasteiger partial charge in [0.2, 0.25) is 0 Å². The van der Waals surface area contributed by atoms with Crippen molar-refractivity contribution in [3.05, 3.63) is 94.3 Å². The van der Waals surface area contributed by atoms with E-state index in [-0.39, 0.29) is 5.56 Å². The Morgan fingerprint density at radius 2 is 1.85 bits per heavy atom. The molecule has 0 N–H and O–H groups in total. The fourth-order valence-electron chi connectivity index (χ4n) is 2.80. The summed E-state index contributed by atoms with van der Waals surface area (Å²) in [6, 6.07) is 12.9. The molecule has 0 atom stereocenters. The molecule has 0 aliphatic rings. The van der Waals surface area contributed by atoms with Crippen molar-refractivity contribution >= 4 is 11.9 Å². The van der Waals surface area contributed by atoms with Gasteiger partial charge in [0.05, 0.1) is 17.8 Å². The maximum Gasteiger partial charge on any atom is 0.188 e. The highest BCUT2D eigenvalue weighted by Crippen LogP contribution is 2.18. The van der Waals surface area contributed by atoms with Crippen LogP contribution in [0.1, 0.15) is 32.9 Å². The highest BCUT2D eigenvalue weighted by molar-refractivity contribution is 6.07. The topological polar surface area (TPSA) is 34.9 Å². The molecule has 1 heterocycles. The number of nitrogens with zero attached hydrogens (tertiary/aromatic N) is 2. The van der Waals surface area contributed by atoms with Crippen LogP contribution in [0.25, 0.3) is 6.08 Å². The van der Waals surface area contributed by atoms with E-state index in [4.69, 9.17) is 0 Å². The van der Waals surface area contributed by atoms with E-state index in [0.29, 0.717) is 12.6 Å². The van der Waals surface area contributed by atoms with Crippen molar-refractivity contribution in [3.63, 3.8) is 0 Å². The largest absolute Gasteiger partial charge is 0.289 e. The Balaban J connectivity index is 1.83. The lowest BCUT2D eigenvalue weighted by Gasteiger charge is -2.04. The minimum Gasteiger partial charge on any atom is -0.289 e. The Bertz CT molecular complexity index is 975. The molecule has 0 spiro atoms. The van der Waals surface area contributed by atoms with E-state index in [1.54, 1.807) is 6.08 Å². The summed E-state index contributed by atoms with van der Waals surface area (Å²) >= 11 is 0. The van der Waals surface area contributed by atoms with E-state index in [9.17, 15) is 13.6 Å². The van der Waals surface area contributed by atoms with Crippen molar-refractivity contribution in [2.75, 3.05) is 0 Å². The van der Waals surface area contributed by atoms with E-state index >= 15 is 0 Å². The molecule has 0 saturated heterocycles. The number of carbonyl (C=O) groups is 1. The molecule has 0 fully saturated rings. The van der Waals surface area contributed by atoms with Crippen molar-refractivity contribution in [3.8, 4) is 0 Å². The van der Waals surface area contributed by atoms with E-state index in [2.05, 4.69) is 5.10 Å². The normalized spacial score (nSPS) is 11.2. The van der Waals surface area contributed by atoms with Gasteiger partial charge in [-0.25, -0.2) is 8.78 Å². The number of aromatic nitrogens is 2. The number of rotatable bonds is 5. The van der Waals surface area contributed by atoms with Crippen molar-refractivity contribution in [2.45, 2.75) is 20.4 Å². The van der Waals surface area contributed by atoms with Gasteiger partial charge in [0.1, 0.15) is 11.6 Å². The van der Waals surface area contributed by atoms with Gasteiger partial charge < -0.3 is 0 Å². The summed E-state index contributed by atoms with van der Waals surface area (Å²) in [5.74, 6) is -2.10. The second kappa shape index (κ2) is 7.44. The molecule has 2 aromatic carbocycles. The van der Waals surface area contributed by atoms with Crippen LogP contribution in [0.5, 0.6) is 0 Å². The van der Waals surface area contributed by atoms with Gasteiger partial charge in [0, 0.05) is 17.3 Å². The molecule has 132 valence electrons. The summed E-state index contributed by atoms with van der Waals surface area (Å²) in [6.07, 6.45) is 2.92. The van der Waals surface area contributed by atoms with E-state index in [1.165, 1.54) is 6.08 Å². The molecule has 0 amide bonds. The zero-order chi connectivity index (χ0) is 18.7. The molecular formula is C21H18F2N2O. The number of halogens is 2. The van der Waals surface area contributed by atoms with Crippen molar-refractivity contribution in [2.24, 2.45) is 0 Å². The minimum atomic E-state index is -0.868. The first-order chi connectivity index (χ1) is 12.5. The van der Waals surface area contributed by atoms with Crippen LogP contribution in [0.4, 0.5) is 8.78 Å². The second-order valence-corrected chi connectivity index (χ2v) is 6.05. The Labute approximate surface area is 150 Å². The molecule has 26 heavy (non-hydrogen) atoms. The van der Waals surface area contributed by atoms with Gasteiger partial charge in [-0.1, -0.05) is 30.3 Å². The van der Waals surface area contributed by atoms with Crippen LogP contribution in [-0.4, -0.2) is 15.6 Å². The predicted octanol–water partition coefficient (Wildman–Crippen LogP) is 4.72. The zero-order valence-corrected chi connectivity index (χ0v) is 14.5. The molecule has 0 aliphatic heterocycles. The molecule has 5 heteroatoms. The molecule has 0 aliphatic carbocycles. The van der Waals surface area contributed by atoms with Crippen LogP contribution in [0.15, 0.2) is 54.6 Å². The van der Waals surface area contributed by atoms with Crippen LogP contribution in [0.2, 0.25) is 0 Å². The second-order valence-electron chi connectivity index (χ2n) is 6.05. The predicted molar refractivity (Wildman–Crippen MR) is 97.0 cm³/mol. The third-order valence-electron chi connectivity index (χ3n) is 4.21. The SMILES string of the molecule is Cc1nn(Cc2ccccc2)c(C)c1/C=C/C(=O)c1ccc(F)cc1F. The van der Waals surface area contributed by atoms with Crippen LogP contribution >= 0.6 is 0 Å². The third-order valence-corrected chi connectivity index (χ3v) is 4.21. The Morgan fingerprint density at radius 1 is 1.12 bits per heavy atom. The number of benzene rings is 2. The maximum absolute atomic E-state index is 13.7. The lowest BCUT2D eigenvalue weighted by Crippen LogP contribution is -2.03. The smallest absolute Gasteiger partial charge is 0.188 e. The average Bonchev–Trinajstić information content (AvgIpc) is 2.87. The zero-order valence-electron chi connectivity index (χ0n) is 14.5. The summed E-state index contributed by atoms with van der Waals surface area (Å²) in [5.41, 5.74) is 3.47. The number of hydrogen-bond donors (Lipinski definition) is 0. The minimum absolute atomic E-state index is 0.158. The molecular weight excluding hydrogens is 334 g/mol. The van der Waals surface area contributed by atoms with Gasteiger partial charge >= 0.3 is 0 Å². The van der Waals surface area contributed by atoms with Crippen LogP contribution in [0, 0.1) is 25.5 Å².